The molecule has 1 heterocycles. The van der Waals surface area contributed by atoms with Crippen LogP contribution in [0, 0.1) is 0 Å². The number of rotatable bonds is 3. The van der Waals surface area contributed by atoms with Crippen LogP contribution in [-0.2, 0) is 18.3 Å². The summed E-state index contributed by atoms with van der Waals surface area (Å²) in [7, 11) is 3.57. The van der Waals surface area contributed by atoms with Gasteiger partial charge in [-0.25, -0.2) is 0 Å². The number of carbonyl (C=O) groups is 1. The van der Waals surface area contributed by atoms with Gasteiger partial charge in [0.2, 0.25) is 5.91 Å². The molecule has 4 heteroatoms. The minimum atomic E-state index is -0.316. The average molecular weight is 218 g/mol. The van der Waals surface area contributed by atoms with E-state index in [-0.39, 0.29) is 12.3 Å². The van der Waals surface area contributed by atoms with Gasteiger partial charge >= 0.3 is 0 Å². The highest BCUT2D eigenvalue weighted by atomic mass is 16.5. The van der Waals surface area contributed by atoms with Crippen LogP contribution in [0.5, 0.6) is 5.75 Å². The zero-order valence-corrected chi connectivity index (χ0v) is 9.36. The first-order chi connectivity index (χ1) is 7.61. The Kier molecular flexibility index (Phi) is 2.56. The van der Waals surface area contributed by atoms with Crippen molar-refractivity contribution >= 4 is 16.8 Å². The lowest BCUT2D eigenvalue weighted by molar-refractivity contribution is -0.117. The molecule has 2 N–H and O–H groups in total. The van der Waals surface area contributed by atoms with Crippen molar-refractivity contribution in [3.05, 3.63) is 30.0 Å². The lowest BCUT2D eigenvalue weighted by Gasteiger charge is -2.01. The van der Waals surface area contributed by atoms with Crippen LogP contribution in [0.2, 0.25) is 0 Å². The number of amides is 1. The zero-order valence-electron chi connectivity index (χ0n) is 9.36. The number of aryl methyl sites for hydroxylation is 1. The number of aromatic nitrogens is 1. The van der Waals surface area contributed by atoms with Crippen LogP contribution in [0.1, 0.15) is 5.56 Å². The molecular weight excluding hydrogens is 204 g/mol. The second kappa shape index (κ2) is 3.89. The molecule has 0 aliphatic rings. The minimum absolute atomic E-state index is 0.268. The molecule has 0 unspecified atom stereocenters. The second-order valence-electron chi connectivity index (χ2n) is 3.79. The quantitative estimate of drug-likeness (QED) is 0.842. The Labute approximate surface area is 93.6 Å². The molecule has 0 saturated heterocycles. The topological polar surface area (TPSA) is 57.2 Å². The van der Waals surface area contributed by atoms with E-state index >= 15 is 0 Å². The van der Waals surface area contributed by atoms with Crippen LogP contribution >= 0.6 is 0 Å². The molecule has 2 rings (SSSR count). The van der Waals surface area contributed by atoms with E-state index in [2.05, 4.69) is 0 Å². The SMILES string of the molecule is COc1ccc2c(CC(N)=O)cn(C)c2c1. The van der Waals surface area contributed by atoms with Crippen molar-refractivity contribution in [3.8, 4) is 5.75 Å². The van der Waals surface area contributed by atoms with E-state index in [0.29, 0.717) is 0 Å². The number of primary amides is 1. The summed E-state index contributed by atoms with van der Waals surface area (Å²) < 4.78 is 7.13. The van der Waals surface area contributed by atoms with Crippen molar-refractivity contribution in [2.24, 2.45) is 12.8 Å². The fraction of sp³-hybridized carbons (Fsp3) is 0.250. The molecule has 0 saturated carbocycles. The fourth-order valence-electron chi connectivity index (χ4n) is 1.90. The van der Waals surface area contributed by atoms with Gasteiger partial charge in [-0.2, -0.15) is 0 Å². The third-order valence-corrected chi connectivity index (χ3v) is 2.65. The predicted octanol–water partition coefficient (Wildman–Crippen LogP) is 1.21. The van der Waals surface area contributed by atoms with Crippen molar-refractivity contribution in [1.29, 1.82) is 0 Å². The summed E-state index contributed by atoms with van der Waals surface area (Å²) >= 11 is 0. The molecule has 4 nitrogen and oxygen atoms in total. The highest BCUT2D eigenvalue weighted by Crippen LogP contribution is 2.25. The van der Waals surface area contributed by atoms with Crippen LogP contribution < -0.4 is 10.5 Å². The third-order valence-electron chi connectivity index (χ3n) is 2.65. The fourth-order valence-corrected chi connectivity index (χ4v) is 1.90. The van der Waals surface area contributed by atoms with E-state index < -0.39 is 0 Å². The molecule has 2 aromatic rings. The number of fused-ring (bicyclic) bond motifs is 1. The lowest BCUT2D eigenvalue weighted by atomic mass is 10.1. The Morgan fingerprint density at radius 1 is 1.50 bits per heavy atom. The minimum Gasteiger partial charge on any atom is -0.497 e. The Morgan fingerprint density at radius 3 is 2.88 bits per heavy atom. The van der Waals surface area contributed by atoms with Gasteiger partial charge in [0.05, 0.1) is 19.0 Å². The predicted molar refractivity (Wildman–Crippen MR) is 62.4 cm³/mol. The van der Waals surface area contributed by atoms with Gasteiger partial charge in [-0.05, 0) is 17.7 Å². The third kappa shape index (κ3) is 1.74. The molecular formula is C12H14N2O2. The van der Waals surface area contributed by atoms with Crippen LogP contribution in [0.25, 0.3) is 10.9 Å². The van der Waals surface area contributed by atoms with Crippen molar-refractivity contribution < 1.29 is 9.53 Å². The summed E-state index contributed by atoms with van der Waals surface area (Å²) in [4.78, 5) is 10.9. The Morgan fingerprint density at radius 2 is 2.25 bits per heavy atom. The molecule has 0 bridgehead atoms. The van der Waals surface area contributed by atoms with Gasteiger partial charge in [0, 0.05) is 24.7 Å². The molecule has 1 aromatic carbocycles. The molecule has 1 aromatic heterocycles. The first-order valence-corrected chi connectivity index (χ1v) is 5.02. The monoisotopic (exact) mass is 218 g/mol. The van der Waals surface area contributed by atoms with Crippen LogP contribution in [0.4, 0.5) is 0 Å². The number of hydrogen-bond acceptors (Lipinski definition) is 2. The van der Waals surface area contributed by atoms with Gasteiger partial charge < -0.3 is 15.0 Å². The Hall–Kier alpha value is -1.97. The van der Waals surface area contributed by atoms with Gasteiger partial charge in [-0.1, -0.05) is 0 Å². The highest BCUT2D eigenvalue weighted by Gasteiger charge is 2.09. The molecule has 0 aliphatic carbocycles. The molecule has 0 atom stereocenters. The van der Waals surface area contributed by atoms with E-state index in [9.17, 15) is 4.79 Å². The average Bonchev–Trinajstić information content (AvgIpc) is 2.54. The van der Waals surface area contributed by atoms with Gasteiger partial charge in [0.1, 0.15) is 5.75 Å². The van der Waals surface area contributed by atoms with E-state index in [0.717, 1.165) is 22.2 Å². The molecule has 0 aliphatic heterocycles. The van der Waals surface area contributed by atoms with Gasteiger partial charge in [-0.15, -0.1) is 0 Å². The molecule has 0 radical (unpaired) electrons. The van der Waals surface area contributed by atoms with Gasteiger partial charge in [-0.3, -0.25) is 4.79 Å². The first kappa shape index (κ1) is 10.5. The molecule has 84 valence electrons. The van der Waals surface area contributed by atoms with E-state index in [1.54, 1.807) is 7.11 Å². The number of nitrogens with zero attached hydrogens (tertiary/aromatic N) is 1. The van der Waals surface area contributed by atoms with Crippen molar-refractivity contribution in [2.75, 3.05) is 7.11 Å². The number of hydrogen-bond donors (Lipinski definition) is 1. The summed E-state index contributed by atoms with van der Waals surface area (Å²) in [6, 6.07) is 5.78. The zero-order chi connectivity index (χ0) is 11.7. The summed E-state index contributed by atoms with van der Waals surface area (Å²) in [6.45, 7) is 0. The van der Waals surface area contributed by atoms with Crippen molar-refractivity contribution in [1.82, 2.24) is 4.57 Å². The standard InChI is InChI=1S/C12H14N2O2/c1-14-7-8(5-12(13)15)10-4-3-9(16-2)6-11(10)14/h3-4,6-7H,5H2,1-2H3,(H2,13,15). The van der Waals surface area contributed by atoms with E-state index in [1.807, 2.05) is 36.0 Å². The first-order valence-electron chi connectivity index (χ1n) is 5.02. The smallest absolute Gasteiger partial charge is 0.221 e. The number of methoxy groups -OCH3 is 1. The highest BCUT2D eigenvalue weighted by molar-refractivity contribution is 5.89. The maximum atomic E-state index is 10.9. The van der Waals surface area contributed by atoms with Crippen molar-refractivity contribution in [3.63, 3.8) is 0 Å². The second-order valence-corrected chi connectivity index (χ2v) is 3.79. The normalized spacial score (nSPS) is 10.6. The lowest BCUT2D eigenvalue weighted by Crippen LogP contribution is -2.13. The Bertz CT molecular complexity index is 543. The number of ether oxygens (including phenoxy) is 1. The molecule has 0 fully saturated rings. The molecule has 16 heavy (non-hydrogen) atoms. The van der Waals surface area contributed by atoms with Crippen molar-refractivity contribution in [2.45, 2.75) is 6.42 Å². The maximum Gasteiger partial charge on any atom is 0.221 e. The van der Waals surface area contributed by atoms with Gasteiger partial charge in [0.25, 0.3) is 0 Å². The number of nitrogens with two attached hydrogens (primary N) is 1. The summed E-state index contributed by atoms with van der Waals surface area (Å²) in [6.07, 6.45) is 2.19. The largest absolute Gasteiger partial charge is 0.497 e. The van der Waals surface area contributed by atoms with Crippen LogP contribution in [0.15, 0.2) is 24.4 Å². The number of benzene rings is 1. The van der Waals surface area contributed by atoms with Crippen LogP contribution in [-0.4, -0.2) is 17.6 Å². The molecule has 1 amide bonds. The summed E-state index contributed by atoms with van der Waals surface area (Å²) in [5.74, 6) is 0.489. The number of carbonyl (C=O) groups excluding carboxylic acids is 1. The molecule has 0 spiro atoms. The Balaban J connectivity index is 2.57. The summed E-state index contributed by atoms with van der Waals surface area (Å²) in [5.41, 5.74) is 7.20. The van der Waals surface area contributed by atoms with E-state index in [1.165, 1.54) is 0 Å². The van der Waals surface area contributed by atoms with Gasteiger partial charge in [0.15, 0.2) is 0 Å². The summed E-state index contributed by atoms with van der Waals surface area (Å²) in [5, 5.41) is 1.04. The van der Waals surface area contributed by atoms with Crippen LogP contribution in [0.3, 0.4) is 0 Å². The maximum absolute atomic E-state index is 10.9. The van der Waals surface area contributed by atoms with E-state index in [4.69, 9.17) is 10.5 Å².